The molecule has 4 heteroatoms. The van der Waals surface area contributed by atoms with Crippen LogP contribution in [0.5, 0.6) is 0 Å². The van der Waals surface area contributed by atoms with Gasteiger partial charge in [-0.25, -0.2) is 0 Å². The Labute approximate surface area is 90.0 Å². The molecule has 1 aliphatic rings. The van der Waals surface area contributed by atoms with Crippen LogP contribution in [0.4, 0.5) is 0 Å². The molecule has 14 heavy (non-hydrogen) atoms. The number of carbonyl (C=O) groups is 1. The van der Waals surface area contributed by atoms with Crippen molar-refractivity contribution in [2.24, 2.45) is 5.92 Å². The normalized spacial score (nSPS) is 23.3. The highest BCUT2D eigenvalue weighted by Crippen LogP contribution is 2.28. The van der Waals surface area contributed by atoms with E-state index in [9.17, 15) is 4.79 Å². The number of carbonyl (C=O) groups excluding carboxylic acids is 1. The van der Waals surface area contributed by atoms with Crippen molar-refractivity contribution in [1.82, 2.24) is 4.90 Å². The first-order valence-electron chi connectivity index (χ1n) is 4.98. The first-order chi connectivity index (χ1) is 6.51. The smallest absolute Gasteiger partial charge is 0.223 e. The Kier molecular flexibility index (Phi) is 3.78. The fourth-order valence-corrected chi connectivity index (χ4v) is 2.09. The number of nitrogens with zero attached hydrogens (tertiary/aromatic N) is 1. The molecule has 1 saturated heterocycles. The summed E-state index contributed by atoms with van der Waals surface area (Å²) in [4.78, 5) is 13.5. The van der Waals surface area contributed by atoms with Crippen molar-refractivity contribution in [2.45, 2.75) is 32.2 Å². The predicted molar refractivity (Wildman–Crippen MR) is 56.3 cm³/mol. The number of aliphatic hydroxyl groups is 1. The summed E-state index contributed by atoms with van der Waals surface area (Å²) in [5.74, 6) is 0.980. The van der Waals surface area contributed by atoms with E-state index >= 15 is 0 Å². The van der Waals surface area contributed by atoms with E-state index in [1.165, 1.54) is 0 Å². The zero-order chi connectivity index (χ0) is 10.8. The van der Waals surface area contributed by atoms with Crippen LogP contribution in [0.3, 0.4) is 0 Å². The molecule has 0 radical (unpaired) electrons. The van der Waals surface area contributed by atoms with E-state index in [1.807, 2.05) is 18.7 Å². The lowest BCUT2D eigenvalue weighted by Gasteiger charge is -2.35. The van der Waals surface area contributed by atoms with E-state index in [4.69, 9.17) is 16.7 Å². The van der Waals surface area contributed by atoms with Gasteiger partial charge in [-0.2, -0.15) is 0 Å². The highest BCUT2D eigenvalue weighted by Gasteiger charge is 2.37. The maximum atomic E-state index is 11.7. The van der Waals surface area contributed by atoms with Gasteiger partial charge in [-0.1, -0.05) is 0 Å². The number of hydrogen-bond donors (Lipinski definition) is 1. The molecule has 0 bridgehead atoms. The van der Waals surface area contributed by atoms with Crippen LogP contribution in [-0.2, 0) is 4.79 Å². The van der Waals surface area contributed by atoms with Crippen LogP contribution in [-0.4, -0.2) is 40.5 Å². The van der Waals surface area contributed by atoms with E-state index < -0.39 is 0 Å². The fourth-order valence-electron chi connectivity index (χ4n) is 1.88. The lowest BCUT2D eigenvalue weighted by molar-refractivity contribution is -0.132. The molecule has 0 saturated carbocycles. The van der Waals surface area contributed by atoms with Gasteiger partial charge in [0.2, 0.25) is 5.91 Å². The van der Waals surface area contributed by atoms with Crippen LogP contribution in [0.15, 0.2) is 0 Å². The summed E-state index contributed by atoms with van der Waals surface area (Å²) in [6.07, 6.45) is 1.17. The van der Waals surface area contributed by atoms with Gasteiger partial charge in [0.25, 0.3) is 0 Å². The number of likely N-dealkylation sites (tertiary alicyclic amines) is 1. The summed E-state index contributed by atoms with van der Waals surface area (Å²) >= 11 is 5.74. The maximum absolute atomic E-state index is 11.7. The Morgan fingerprint density at radius 1 is 1.64 bits per heavy atom. The summed E-state index contributed by atoms with van der Waals surface area (Å²) in [6.45, 7) is 4.81. The van der Waals surface area contributed by atoms with Crippen molar-refractivity contribution in [3.63, 3.8) is 0 Å². The van der Waals surface area contributed by atoms with E-state index in [0.29, 0.717) is 18.7 Å². The van der Waals surface area contributed by atoms with Crippen LogP contribution >= 0.6 is 11.6 Å². The minimum absolute atomic E-state index is 0.113. The number of aliphatic hydroxyl groups excluding tert-OH is 1. The van der Waals surface area contributed by atoms with E-state index in [1.54, 1.807) is 0 Å². The number of alkyl halides is 1. The third kappa shape index (κ3) is 2.39. The van der Waals surface area contributed by atoms with Crippen LogP contribution in [0.2, 0.25) is 0 Å². The summed E-state index contributed by atoms with van der Waals surface area (Å²) < 4.78 is 0. The molecule has 1 N–H and O–H groups in total. The Bertz CT molecular complexity index is 218. The molecule has 1 atom stereocenters. The molecule has 0 aliphatic carbocycles. The molecular formula is C10H18ClNO2. The SMILES string of the molecule is CC(C)(CCO)N1CC(CCl)CC1=O. The Balaban J connectivity index is 2.64. The molecule has 1 aliphatic heterocycles. The fraction of sp³-hybridized carbons (Fsp3) is 0.900. The summed E-state index contributed by atoms with van der Waals surface area (Å²) in [5, 5.41) is 8.91. The Hall–Kier alpha value is -0.280. The number of hydrogen-bond acceptors (Lipinski definition) is 2. The van der Waals surface area contributed by atoms with Crippen molar-refractivity contribution in [1.29, 1.82) is 0 Å². The number of halogens is 1. The topological polar surface area (TPSA) is 40.5 Å². The zero-order valence-electron chi connectivity index (χ0n) is 8.79. The monoisotopic (exact) mass is 219 g/mol. The van der Waals surface area contributed by atoms with E-state index in [-0.39, 0.29) is 24.0 Å². The number of rotatable bonds is 4. The molecule has 0 aromatic carbocycles. The summed E-state index contributed by atoms with van der Waals surface area (Å²) in [7, 11) is 0. The van der Waals surface area contributed by atoms with Gasteiger partial charge in [0, 0.05) is 31.0 Å². The van der Waals surface area contributed by atoms with Gasteiger partial charge in [-0.15, -0.1) is 11.6 Å². The minimum atomic E-state index is -0.243. The lowest BCUT2D eigenvalue weighted by Crippen LogP contribution is -2.45. The largest absolute Gasteiger partial charge is 0.396 e. The second-order valence-electron chi connectivity index (χ2n) is 4.51. The third-order valence-corrected chi connectivity index (χ3v) is 3.31. The predicted octanol–water partition coefficient (Wildman–Crippen LogP) is 1.23. The van der Waals surface area contributed by atoms with Crippen LogP contribution in [0, 0.1) is 5.92 Å². The molecule has 0 spiro atoms. The average Bonchev–Trinajstić information content (AvgIpc) is 2.47. The molecule has 1 heterocycles. The second-order valence-corrected chi connectivity index (χ2v) is 4.82. The molecular weight excluding hydrogens is 202 g/mol. The van der Waals surface area contributed by atoms with E-state index in [2.05, 4.69) is 0 Å². The molecule has 1 amide bonds. The lowest BCUT2D eigenvalue weighted by atomic mass is 9.99. The molecule has 0 aromatic rings. The van der Waals surface area contributed by atoms with Gasteiger partial charge < -0.3 is 10.0 Å². The van der Waals surface area contributed by atoms with Crippen LogP contribution < -0.4 is 0 Å². The van der Waals surface area contributed by atoms with Crippen LogP contribution in [0.1, 0.15) is 26.7 Å². The highest BCUT2D eigenvalue weighted by atomic mass is 35.5. The number of amides is 1. The molecule has 0 aromatic heterocycles. The van der Waals surface area contributed by atoms with Gasteiger partial charge in [-0.05, 0) is 26.2 Å². The van der Waals surface area contributed by atoms with Gasteiger partial charge in [-0.3, -0.25) is 4.79 Å². The summed E-state index contributed by atoms with van der Waals surface area (Å²) in [5.41, 5.74) is -0.243. The van der Waals surface area contributed by atoms with Crippen molar-refractivity contribution >= 4 is 17.5 Å². The second kappa shape index (κ2) is 4.49. The van der Waals surface area contributed by atoms with Gasteiger partial charge in [0.15, 0.2) is 0 Å². The average molecular weight is 220 g/mol. The first kappa shape index (κ1) is 11.8. The molecule has 1 unspecified atom stereocenters. The van der Waals surface area contributed by atoms with E-state index in [0.717, 1.165) is 6.54 Å². The molecule has 1 fully saturated rings. The standard InChI is InChI=1S/C10H18ClNO2/c1-10(2,3-4-13)12-7-8(6-11)5-9(12)14/h8,13H,3-7H2,1-2H3. The highest BCUT2D eigenvalue weighted by molar-refractivity contribution is 6.18. The Morgan fingerprint density at radius 3 is 2.71 bits per heavy atom. The van der Waals surface area contributed by atoms with Gasteiger partial charge >= 0.3 is 0 Å². The minimum Gasteiger partial charge on any atom is -0.396 e. The van der Waals surface area contributed by atoms with Crippen molar-refractivity contribution < 1.29 is 9.90 Å². The zero-order valence-corrected chi connectivity index (χ0v) is 9.55. The first-order valence-corrected chi connectivity index (χ1v) is 5.52. The third-order valence-electron chi connectivity index (χ3n) is 2.88. The van der Waals surface area contributed by atoms with Crippen molar-refractivity contribution in [3.05, 3.63) is 0 Å². The maximum Gasteiger partial charge on any atom is 0.223 e. The molecule has 1 rings (SSSR count). The van der Waals surface area contributed by atoms with Crippen molar-refractivity contribution in [2.75, 3.05) is 19.0 Å². The molecule has 3 nitrogen and oxygen atoms in total. The Morgan fingerprint density at radius 2 is 2.29 bits per heavy atom. The van der Waals surface area contributed by atoms with Crippen LogP contribution in [0.25, 0.3) is 0 Å². The van der Waals surface area contributed by atoms with Gasteiger partial charge in [0.05, 0.1) is 0 Å². The van der Waals surface area contributed by atoms with Gasteiger partial charge in [0.1, 0.15) is 0 Å². The quantitative estimate of drug-likeness (QED) is 0.723. The van der Waals surface area contributed by atoms with Crippen molar-refractivity contribution in [3.8, 4) is 0 Å². The molecule has 82 valence electrons. The summed E-state index contributed by atoms with van der Waals surface area (Å²) in [6, 6.07) is 0.